The van der Waals surface area contributed by atoms with Crippen LogP contribution in [0, 0.1) is 0 Å². The Bertz CT molecular complexity index is 712. The van der Waals surface area contributed by atoms with Crippen molar-refractivity contribution in [3.05, 3.63) is 66.2 Å². The molecule has 0 unspecified atom stereocenters. The number of hydrogen-bond acceptors (Lipinski definition) is 3. The first-order chi connectivity index (χ1) is 12.4. The van der Waals surface area contributed by atoms with E-state index in [4.69, 9.17) is 4.74 Å². The average molecular weight is 370 g/mol. The molecule has 1 aliphatic heterocycles. The number of likely N-dealkylation sites (tertiary alicyclic amines) is 1. The van der Waals surface area contributed by atoms with Crippen molar-refractivity contribution in [1.29, 1.82) is 0 Å². The van der Waals surface area contributed by atoms with Crippen LogP contribution in [0.4, 0.5) is 4.79 Å². The van der Waals surface area contributed by atoms with Crippen molar-refractivity contribution in [2.24, 2.45) is 0 Å². The second kappa shape index (κ2) is 8.17. The highest BCUT2D eigenvalue weighted by molar-refractivity contribution is 7.99. The highest BCUT2D eigenvalue weighted by Crippen LogP contribution is 2.39. The fourth-order valence-electron chi connectivity index (χ4n) is 3.25. The second-order valence-electron chi connectivity index (χ2n) is 7.69. The van der Waals surface area contributed by atoms with E-state index < -0.39 is 5.60 Å². The van der Waals surface area contributed by atoms with Gasteiger partial charge in [-0.1, -0.05) is 48.5 Å². The maximum absolute atomic E-state index is 12.7. The van der Waals surface area contributed by atoms with Crippen LogP contribution in [-0.2, 0) is 4.74 Å². The molecule has 0 N–H and O–H groups in total. The van der Waals surface area contributed by atoms with Crippen molar-refractivity contribution in [3.8, 4) is 0 Å². The molecule has 3 rings (SSSR count). The van der Waals surface area contributed by atoms with Crippen molar-refractivity contribution in [2.45, 2.75) is 55.4 Å². The van der Waals surface area contributed by atoms with Crippen molar-refractivity contribution >= 4 is 17.9 Å². The first kappa shape index (κ1) is 18.8. The zero-order chi connectivity index (χ0) is 18.6. The number of hydrogen-bond donors (Lipinski definition) is 0. The molecule has 4 heteroatoms. The average Bonchev–Trinajstić information content (AvgIpc) is 2.62. The lowest BCUT2D eigenvalue weighted by atomic mass is 9.89. The van der Waals surface area contributed by atoms with Gasteiger partial charge in [-0.15, -0.1) is 11.8 Å². The van der Waals surface area contributed by atoms with Crippen LogP contribution in [0.5, 0.6) is 0 Å². The van der Waals surface area contributed by atoms with Crippen LogP contribution < -0.4 is 0 Å². The van der Waals surface area contributed by atoms with Crippen LogP contribution in [0.1, 0.15) is 45.1 Å². The fraction of sp³-hybridized carbons (Fsp3) is 0.409. The van der Waals surface area contributed by atoms with Crippen LogP contribution in [0.3, 0.4) is 0 Å². The number of ether oxygens (including phenoxy) is 1. The monoisotopic (exact) mass is 369 g/mol. The van der Waals surface area contributed by atoms with Gasteiger partial charge < -0.3 is 4.74 Å². The Morgan fingerprint density at radius 1 is 1.04 bits per heavy atom. The van der Waals surface area contributed by atoms with Gasteiger partial charge in [0.1, 0.15) is 5.60 Å². The van der Waals surface area contributed by atoms with Crippen molar-refractivity contribution in [1.82, 2.24) is 4.90 Å². The fourth-order valence-corrected chi connectivity index (χ4v) is 4.53. The first-order valence-electron chi connectivity index (χ1n) is 9.19. The molecule has 138 valence electrons. The van der Waals surface area contributed by atoms with E-state index in [1.807, 2.05) is 43.9 Å². The molecule has 0 saturated carbocycles. The van der Waals surface area contributed by atoms with E-state index in [0.29, 0.717) is 5.92 Å². The van der Waals surface area contributed by atoms with Crippen LogP contribution in [-0.4, -0.2) is 28.5 Å². The number of benzene rings is 2. The summed E-state index contributed by atoms with van der Waals surface area (Å²) in [5.41, 5.74) is 0.880. The minimum Gasteiger partial charge on any atom is -0.444 e. The normalized spacial score (nSPS) is 20.7. The molecule has 1 saturated heterocycles. The van der Waals surface area contributed by atoms with Gasteiger partial charge in [0.05, 0.1) is 5.37 Å². The van der Waals surface area contributed by atoms with Gasteiger partial charge in [-0.25, -0.2) is 4.79 Å². The van der Waals surface area contributed by atoms with E-state index in [2.05, 4.69) is 42.5 Å². The lowest BCUT2D eigenvalue weighted by molar-refractivity contribution is 0.0173. The van der Waals surface area contributed by atoms with Gasteiger partial charge in [-0.05, 0) is 57.2 Å². The Hall–Kier alpha value is -1.94. The van der Waals surface area contributed by atoms with E-state index in [1.165, 1.54) is 10.5 Å². The quantitative estimate of drug-likeness (QED) is 0.672. The third-order valence-electron chi connectivity index (χ3n) is 4.47. The summed E-state index contributed by atoms with van der Waals surface area (Å²) in [6.45, 7) is 6.47. The summed E-state index contributed by atoms with van der Waals surface area (Å²) < 4.78 is 5.66. The van der Waals surface area contributed by atoms with Gasteiger partial charge >= 0.3 is 6.09 Å². The number of amides is 1. The molecule has 2 aromatic carbocycles. The summed E-state index contributed by atoms with van der Waals surface area (Å²) >= 11 is 1.75. The molecular weight excluding hydrogens is 342 g/mol. The first-order valence-corrected chi connectivity index (χ1v) is 10.1. The SMILES string of the molecule is CC(C)(C)OC(=O)N1CC[C@@H](c2ccccc2)C[C@@H]1Sc1ccccc1. The van der Waals surface area contributed by atoms with E-state index in [1.54, 1.807) is 11.8 Å². The Morgan fingerprint density at radius 2 is 1.65 bits per heavy atom. The molecular formula is C22H27NO2S. The summed E-state index contributed by atoms with van der Waals surface area (Å²) in [5, 5.41) is 0.0752. The minimum absolute atomic E-state index is 0.0752. The predicted octanol–water partition coefficient (Wildman–Crippen LogP) is 5.92. The number of thioether (sulfide) groups is 1. The van der Waals surface area contributed by atoms with Gasteiger partial charge in [-0.2, -0.15) is 0 Å². The lowest BCUT2D eigenvalue weighted by Crippen LogP contribution is -2.46. The molecule has 0 radical (unpaired) electrons. The molecule has 0 bridgehead atoms. The standard InChI is InChI=1S/C22H27NO2S/c1-22(2,3)25-21(24)23-15-14-18(17-10-6-4-7-11-17)16-20(23)26-19-12-8-5-9-13-19/h4-13,18,20H,14-16H2,1-3H3/t18-,20+/m1/s1. The van der Waals surface area contributed by atoms with Crippen molar-refractivity contribution < 1.29 is 9.53 Å². The van der Waals surface area contributed by atoms with E-state index >= 15 is 0 Å². The van der Waals surface area contributed by atoms with Crippen LogP contribution >= 0.6 is 11.8 Å². The highest BCUT2D eigenvalue weighted by atomic mass is 32.2. The molecule has 2 aromatic rings. The molecule has 1 heterocycles. The molecule has 1 fully saturated rings. The van der Waals surface area contributed by atoms with Crippen LogP contribution in [0.15, 0.2) is 65.6 Å². The van der Waals surface area contributed by atoms with E-state index in [-0.39, 0.29) is 11.5 Å². The Balaban J connectivity index is 1.79. The van der Waals surface area contributed by atoms with Crippen molar-refractivity contribution in [2.75, 3.05) is 6.54 Å². The molecule has 3 nitrogen and oxygen atoms in total. The summed E-state index contributed by atoms with van der Waals surface area (Å²) in [7, 11) is 0. The maximum Gasteiger partial charge on any atom is 0.411 e. The highest BCUT2D eigenvalue weighted by Gasteiger charge is 2.35. The second-order valence-corrected chi connectivity index (χ2v) is 8.94. The molecule has 1 amide bonds. The number of piperidine rings is 1. The van der Waals surface area contributed by atoms with Crippen LogP contribution in [0.2, 0.25) is 0 Å². The molecule has 2 atom stereocenters. The number of nitrogens with zero attached hydrogens (tertiary/aromatic N) is 1. The number of carbonyl (C=O) groups is 1. The Kier molecular flexibility index (Phi) is 5.92. The predicted molar refractivity (Wildman–Crippen MR) is 107 cm³/mol. The smallest absolute Gasteiger partial charge is 0.411 e. The maximum atomic E-state index is 12.7. The molecule has 0 spiro atoms. The summed E-state index contributed by atoms with van der Waals surface area (Å²) in [6, 6.07) is 20.9. The van der Waals surface area contributed by atoms with Crippen LogP contribution in [0.25, 0.3) is 0 Å². The van der Waals surface area contributed by atoms with Gasteiger partial charge in [0.15, 0.2) is 0 Å². The summed E-state index contributed by atoms with van der Waals surface area (Å²) in [4.78, 5) is 15.8. The summed E-state index contributed by atoms with van der Waals surface area (Å²) in [5.74, 6) is 0.469. The molecule has 0 aromatic heterocycles. The van der Waals surface area contributed by atoms with Gasteiger partial charge in [0, 0.05) is 11.4 Å². The zero-order valence-electron chi connectivity index (χ0n) is 15.7. The van der Waals surface area contributed by atoms with E-state index in [0.717, 1.165) is 19.4 Å². The lowest BCUT2D eigenvalue weighted by Gasteiger charge is -2.39. The molecule has 1 aliphatic rings. The Labute approximate surface area is 160 Å². The van der Waals surface area contributed by atoms with Crippen molar-refractivity contribution in [3.63, 3.8) is 0 Å². The third-order valence-corrected chi connectivity index (χ3v) is 5.73. The number of rotatable bonds is 3. The zero-order valence-corrected chi connectivity index (χ0v) is 16.5. The summed E-state index contributed by atoms with van der Waals surface area (Å²) in [6.07, 6.45) is 1.69. The molecule has 26 heavy (non-hydrogen) atoms. The number of carbonyl (C=O) groups excluding carboxylic acids is 1. The largest absolute Gasteiger partial charge is 0.444 e. The minimum atomic E-state index is -0.477. The Morgan fingerprint density at radius 3 is 2.27 bits per heavy atom. The third kappa shape index (κ3) is 5.04. The topological polar surface area (TPSA) is 29.5 Å². The van der Waals surface area contributed by atoms with Gasteiger partial charge in [0.2, 0.25) is 0 Å². The molecule has 0 aliphatic carbocycles. The van der Waals surface area contributed by atoms with E-state index in [9.17, 15) is 4.79 Å². The van der Waals surface area contributed by atoms with Gasteiger partial charge in [-0.3, -0.25) is 4.90 Å². The van der Waals surface area contributed by atoms with Gasteiger partial charge in [0.25, 0.3) is 0 Å².